The highest BCUT2D eigenvalue weighted by molar-refractivity contribution is 5.77. The first-order valence-electron chi connectivity index (χ1n) is 4.57. The number of hydrogen-bond donors (Lipinski definition) is 2. The summed E-state index contributed by atoms with van der Waals surface area (Å²) < 4.78 is 5.08. The molecule has 0 saturated carbocycles. The standard InChI is InChI=1S/C11H14O4/c1-6-4-10(15-3)8(5-9(6)12)7(2)11(13)14/h4-5,7,12H,1-3H3,(H,13,14). The number of methoxy groups -OCH3 is 1. The molecule has 0 aromatic heterocycles. The minimum absolute atomic E-state index is 0.0823. The number of carbonyl (C=O) groups is 1. The first kappa shape index (κ1) is 11.4. The summed E-state index contributed by atoms with van der Waals surface area (Å²) >= 11 is 0. The third-order valence-corrected chi connectivity index (χ3v) is 2.39. The second-order valence-electron chi connectivity index (χ2n) is 3.44. The van der Waals surface area contributed by atoms with Gasteiger partial charge in [0.25, 0.3) is 0 Å². The Morgan fingerprint density at radius 1 is 1.47 bits per heavy atom. The second kappa shape index (κ2) is 4.21. The minimum Gasteiger partial charge on any atom is -0.508 e. The molecule has 82 valence electrons. The molecule has 15 heavy (non-hydrogen) atoms. The van der Waals surface area contributed by atoms with Gasteiger partial charge in [-0.1, -0.05) is 0 Å². The molecule has 0 spiro atoms. The van der Waals surface area contributed by atoms with E-state index in [4.69, 9.17) is 9.84 Å². The van der Waals surface area contributed by atoms with E-state index in [1.165, 1.54) is 13.2 Å². The zero-order chi connectivity index (χ0) is 11.6. The van der Waals surface area contributed by atoms with Crippen LogP contribution in [0.1, 0.15) is 24.0 Å². The van der Waals surface area contributed by atoms with E-state index in [9.17, 15) is 9.90 Å². The molecule has 2 N–H and O–H groups in total. The number of benzene rings is 1. The molecular weight excluding hydrogens is 196 g/mol. The molecule has 1 aromatic rings. The van der Waals surface area contributed by atoms with Crippen molar-refractivity contribution in [2.24, 2.45) is 0 Å². The highest BCUT2D eigenvalue weighted by atomic mass is 16.5. The minimum atomic E-state index is -0.948. The molecule has 0 radical (unpaired) electrons. The van der Waals surface area contributed by atoms with Gasteiger partial charge in [-0.3, -0.25) is 4.79 Å². The van der Waals surface area contributed by atoms with Crippen molar-refractivity contribution in [1.29, 1.82) is 0 Å². The van der Waals surface area contributed by atoms with Crippen LogP contribution in [-0.2, 0) is 4.79 Å². The van der Waals surface area contributed by atoms with Gasteiger partial charge in [-0.25, -0.2) is 0 Å². The van der Waals surface area contributed by atoms with E-state index in [1.807, 2.05) is 0 Å². The number of aromatic hydroxyl groups is 1. The van der Waals surface area contributed by atoms with E-state index < -0.39 is 11.9 Å². The lowest BCUT2D eigenvalue weighted by molar-refractivity contribution is -0.138. The number of carboxylic acids is 1. The Balaban J connectivity index is 3.27. The molecule has 0 bridgehead atoms. The van der Waals surface area contributed by atoms with E-state index in [-0.39, 0.29) is 5.75 Å². The molecule has 1 unspecified atom stereocenters. The Bertz CT molecular complexity index is 384. The molecule has 4 nitrogen and oxygen atoms in total. The van der Waals surface area contributed by atoms with Crippen molar-refractivity contribution in [1.82, 2.24) is 0 Å². The fraction of sp³-hybridized carbons (Fsp3) is 0.364. The summed E-state index contributed by atoms with van der Waals surface area (Å²) in [6.45, 7) is 3.28. The van der Waals surface area contributed by atoms with E-state index in [2.05, 4.69) is 0 Å². The summed E-state index contributed by atoms with van der Waals surface area (Å²) in [5.74, 6) is -1.08. The van der Waals surface area contributed by atoms with Gasteiger partial charge in [0.15, 0.2) is 0 Å². The zero-order valence-electron chi connectivity index (χ0n) is 8.94. The van der Waals surface area contributed by atoms with Gasteiger partial charge in [0.1, 0.15) is 11.5 Å². The van der Waals surface area contributed by atoms with Crippen molar-refractivity contribution in [2.45, 2.75) is 19.8 Å². The fourth-order valence-corrected chi connectivity index (χ4v) is 1.33. The molecule has 0 aliphatic rings. The highest BCUT2D eigenvalue weighted by Gasteiger charge is 2.19. The van der Waals surface area contributed by atoms with Crippen LogP contribution in [0.4, 0.5) is 0 Å². The van der Waals surface area contributed by atoms with Crippen LogP contribution in [0, 0.1) is 6.92 Å². The number of aliphatic carboxylic acids is 1. The van der Waals surface area contributed by atoms with Crippen LogP contribution in [0.25, 0.3) is 0 Å². The van der Waals surface area contributed by atoms with Crippen LogP contribution in [-0.4, -0.2) is 23.3 Å². The monoisotopic (exact) mass is 210 g/mol. The van der Waals surface area contributed by atoms with Gasteiger partial charge in [0, 0.05) is 5.56 Å². The third kappa shape index (κ3) is 2.21. The molecule has 0 saturated heterocycles. The molecular formula is C11H14O4. The maximum absolute atomic E-state index is 10.8. The van der Waals surface area contributed by atoms with E-state index in [0.29, 0.717) is 16.9 Å². The predicted octanol–water partition coefficient (Wildman–Crippen LogP) is 1.90. The summed E-state index contributed by atoms with van der Waals surface area (Å²) in [5.41, 5.74) is 1.14. The van der Waals surface area contributed by atoms with E-state index >= 15 is 0 Å². The second-order valence-corrected chi connectivity index (χ2v) is 3.44. The van der Waals surface area contributed by atoms with Crippen LogP contribution >= 0.6 is 0 Å². The normalized spacial score (nSPS) is 12.2. The largest absolute Gasteiger partial charge is 0.508 e. The quantitative estimate of drug-likeness (QED) is 0.799. The molecule has 0 aliphatic heterocycles. The Hall–Kier alpha value is -1.71. The summed E-state index contributed by atoms with van der Waals surface area (Å²) in [6, 6.07) is 3.07. The number of hydrogen-bond acceptors (Lipinski definition) is 3. The Labute approximate surface area is 88.1 Å². The number of aryl methyl sites for hydroxylation is 1. The fourth-order valence-electron chi connectivity index (χ4n) is 1.33. The summed E-state index contributed by atoms with van der Waals surface area (Å²) in [5, 5.41) is 18.4. The lowest BCUT2D eigenvalue weighted by atomic mass is 9.98. The molecule has 0 heterocycles. The summed E-state index contributed by atoms with van der Waals surface area (Å²) in [7, 11) is 1.48. The zero-order valence-corrected chi connectivity index (χ0v) is 8.94. The van der Waals surface area contributed by atoms with Crippen molar-refractivity contribution < 1.29 is 19.7 Å². The van der Waals surface area contributed by atoms with Crippen molar-refractivity contribution in [3.63, 3.8) is 0 Å². The van der Waals surface area contributed by atoms with Gasteiger partial charge < -0.3 is 14.9 Å². The van der Waals surface area contributed by atoms with Crippen LogP contribution in [0.5, 0.6) is 11.5 Å². The maximum atomic E-state index is 10.8. The number of phenols is 1. The molecule has 1 aromatic carbocycles. The van der Waals surface area contributed by atoms with E-state index in [0.717, 1.165) is 0 Å². The molecule has 1 atom stereocenters. The van der Waals surface area contributed by atoms with Gasteiger partial charge in [0.05, 0.1) is 13.0 Å². The lowest BCUT2D eigenvalue weighted by Gasteiger charge is -2.13. The van der Waals surface area contributed by atoms with Crippen LogP contribution in [0.2, 0.25) is 0 Å². The average Bonchev–Trinajstić information content (AvgIpc) is 2.20. The Morgan fingerprint density at radius 3 is 2.53 bits per heavy atom. The molecule has 0 fully saturated rings. The number of rotatable bonds is 3. The van der Waals surface area contributed by atoms with Crippen molar-refractivity contribution in [3.8, 4) is 11.5 Å². The van der Waals surface area contributed by atoms with Crippen molar-refractivity contribution in [2.75, 3.05) is 7.11 Å². The first-order chi connectivity index (χ1) is 6.97. The van der Waals surface area contributed by atoms with Crippen LogP contribution in [0.3, 0.4) is 0 Å². The molecule has 4 heteroatoms. The lowest BCUT2D eigenvalue weighted by Crippen LogP contribution is -2.09. The van der Waals surface area contributed by atoms with Crippen LogP contribution < -0.4 is 4.74 Å². The third-order valence-electron chi connectivity index (χ3n) is 2.39. The number of ether oxygens (including phenoxy) is 1. The Morgan fingerprint density at radius 2 is 2.07 bits per heavy atom. The van der Waals surface area contributed by atoms with Crippen molar-refractivity contribution in [3.05, 3.63) is 23.3 Å². The topological polar surface area (TPSA) is 66.8 Å². The average molecular weight is 210 g/mol. The molecule has 0 aliphatic carbocycles. The smallest absolute Gasteiger partial charge is 0.310 e. The van der Waals surface area contributed by atoms with Gasteiger partial charge in [-0.15, -0.1) is 0 Å². The van der Waals surface area contributed by atoms with Crippen LogP contribution in [0.15, 0.2) is 12.1 Å². The predicted molar refractivity (Wildman–Crippen MR) is 55.4 cm³/mol. The number of carboxylic acid groups (broad SMARTS) is 1. The number of phenolic OH excluding ortho intramolecular Hbond substituents is 1. The summed E-state index contributed by atoms with van der Waals surface area (Å²) in [4.78, 5) is 10.8. The summed E-state index contributed by atoms with van der Waals surface area (Å²) in [6.07, 6.45) is 0. The van der Waals surface area contributed by atoms with Gasteiger partial charge in [0.2, 0.25) is 0 Å². The van der Waals surface area contributed by atoms with Gasteiger partial charge in [-0.2, -0.15) is 0 Å². The van der Waals surface area contributed by atoms with Gasteiger partial charge >= 0.3 is 5.97 Å². The molecule has 0 amide bonds. The first-order valence-corrected chi connectivity index (χ1v) is 4.57. The highest BCUT2D eigenvalue weighted by Crippen LogP contribution is 2.32. The van der Waals surface area contributed by atoms with Gasteiger partial charge in [-0.05, 0) is 31.5 Å². The van der Waals surface area contributed by atoms with Crippen molar-refractivity contribution >= 4 is 5.97 Å². The SMILES string of the molecule is COc1cc(C)c(O)cc1C(C)C(=O)O. The Kier molecular flexibility index (Phi) is 3.19. The van der Waals surface area contributed by atoms with E-state index in [1.54, 1.807) is 19.9 Å². The maximum Gasteiger partial charge on any atom is 0.310 e. The molecule has 1 rings (SSSR count).